The van der Waals surface area contributed by atoms with Gasteiger partial charge in [-0.2, -0.15) is 0 Å². The van der Waals surface area contributed by atoms with E-state index < -0.39 is 0 Å². The summed E-state index contributed by atoms with van der Waals surface area (Å²) in [6.45, 7) is 4.67. The zero-order valence-corrected chi connectivity index (χ0v) is 12.1. The smallest absolute Gasteiger partial charge is 0.00507 e. The van der Waals surface area contributed by atoms with Crippen LogP contribution >= 0.6 is 0 Å². The van der Waals surface area contributed by atoms with Crippen LogP contribution in [0.5, 0.6) is 0 Å². The Bertz CT molecular complexity index is 336. The molecule has 19 heavy (non-hydrogen) atoms. The summed E-state index contributed by atoms with van der Waals surface area (Å²) >= 11 is 0. The largest absolute Gasteiger partial charge is 0.330 e. The van der Waals surface area contributed by atoms with Crippen LogP contribution < -0.4 is 5.73 Å². The molecule has 1 fully saturated rings. The van der Waals surface area contributed by atoms with Gasteiger partial charge < -0.3 is 10.6 Å². The fourth-order valence-electron chi connectivity index (χ4n) is 3.04. The Labute approximate surface area is 118 Å². The highest BCUT2D eigenvalue weighted by Gasteiger charge is 2.22. The monoisotopic (exact) mass is 260 g/mol. The van der Waals surface area contributed by atoms with Gasteiger partial charge in [0.15, 0.2) is 0 Å². The third-order valence-corrected chi connectivity index (χ3v) is 4.22. The molecule has 2 nitrogen and oxygen atoms in total. The van der Waals surface area contributed by atoms with Crippen molar-refractivity contribution < 1.29 is 0 Å². The lowest BCUT2D eigenvalue weighted by Crippen LogP contribution is -2.21. The van der Waals surface area contributed by atoms with Gasteiger partial charge in [0.05, 0.1) is 0 Å². The molecule has 2 N–H and O–H groups in total. The lowest BCUT2D eigenvalue weighted by atomic mass is 9.99. The number of nitrogens with zero attached hydrogens (tertiary/aromatic N) is 1. The molecule has 1 unspecified atom stereocenters. The van der Waals surface area contributed by atoms with Crippen LogP contribution in [0, 0.1) is 0 Å². The Balaban J connectivity index is 1.60. The summed E-state index contributed by atoms with van der Waals surface area (Å²) in [6, 6.07) is 11.0. The molecular formula is C17H28N2. The van der Waals surface area contributed by atoms with Crippen molar-refractivity contribution in [2.45, 2.75) is 44.4 Å². The van der Waals surface area contributed by atoms with E-state index >= 15 is 0 Å². The molecule has 1 saturated heterocycles. The number of hydrogen-bond donors (Lipinski definition) is 1. The molecule has 0 amide bonds. The van der Waals surface area contributed by atoms with E-state index in [-0.39, 0.29) is 0 Å². The molecule has 0 aliphatic carbocycles. The van der Waals surface area contributed by atoms with Crippen LogP contribution in [0.25, 0.3) is 0 Å². The molecular weight excluding hydrogens is 232 g/mol. The Hall–Kier alpha value is -0.860. The fourth-order valence-corrected chi connectivity index (χ4v) is 3.04. The van der Waals surface area contributed by atoms with Crippen molar-refractivity contribution in [3.8, 4) is 0 Å². The van der Waals surface area contributed by atoms with Crippen LogP contribution in [0.2, 0.25) is 0 Å². The number of benzene rings is 1. The topological polar surface area (TPSA) is 29.3 Å². The average molecular weight is 260 g/mol. The van der Waals surface area contributed by atoms with Crippen LogP contribution in [0.15, 0.2) is 30.3 Å². The van der Waals surface area contributed by atoms with Gasteiger partial charge in [-0.15, -0.1) is 0 Å². The lowest BCUT2D eigenvalue weighted by molar-refractivity contribution is 0.323. The maximum absolute atomic E-state index is 5.51. The molecule has 106 valence electrons. The van der Waals surface area contributed by atoms with Gasteiger partial charge in [-0.25, -0.2) is 0 Å². The Morgan fingerprint density at radius 1 is 1.00 bits per heavy atom. The van der Waals surface area contributed by atoms with E-state index in [0.29, 0.717) is 0 Å². The second-order valence-corrected chi connectivity index (χ2v) is 5.75. The Morgan fingerprint density at radius 3 is 2.53 bits per heavy atom. The summed E-state index contributed by atoms with van der Waals surface area (Å²) < 4.78 is 0. The van der Waals surface area contributed by atoms with E-state index in [1.165, 1.54) is 63.7 Å². The summed E-state index contributed by atoms with van der Waals surface area (Å²) in [5.41, 5.74) is 7.03. The predicted molar refractivity (Wildman–Crippen MR) is 82.4 cm³/mol. The first-order valence-corrected chi connectivity index (χ1v) is 7.87. The van der Waals surface area contributed by atoms with Gasteiger partial charge in [-0.3, -0.25) is 0 Å². The van der Waals surface area contributed by atoms with Crippen LogP contribution in [0.1, 0.15) is 50.0 Å². The summed E-state index contributed by atoms with van der Waals surface area (Å²) in [5.74, 6) is 0.762. The number of nitrogens with two attached hydrogens (primary N) is 1. The quantitative estimate of drug-likeness (QED) is 0.726. The van der Waals surface area contributed by atoms with Crippen molar-refractivity contribution in [1.82, 2.24) is 4.90 Å². The molecule has 1 aromatic carbocycles. The van der Waals surface area contributed by atoms with E-state index in [2.05, 4.69) is 35.2 Å². The molecule has 1 aromatic rings. The van der Waals surface area contributed by atoms with Gasteiger partial charge in [-0.1, -0.05) is 49.6 Å². The Kier molecular flexibility index (Phi) is 6.38. The minimum Gasteiger partial charge on any atom is -0.330 e. The maximum Gasteiger partial charge on any atom is 0.00507 e. The number of likely N-dealkylation sites (tertiary alicyclic amines) is 1. The third kappa shape index (κ3) is 4.96. The maximum atomic E-state index is 5.51. The van der Waals surface area contributed by atoms with Gasteiger partial charge in [0.1, 0.15) is 0 Å². The van der Waals surface area contributed by atoms with Crippen LogP contribution in [0.3, 0.4) is 0 Å². The van der Waals surface area contributed by atoms with Crippen LogP contribution in [-0.2, 0) is 0 Å². The number of hydrogen-bond acceptors (Lipinski definition) is 2. The van der Waals surface area contributed by atoms with E-state index in [1.807, 2.05) is 0 Å². The first-order valence-electron chi connectivity index (χ1n) is 7.87. The normalized spacial score (nSPS) is 19.9. The molecule has 0 saturated carbocycles. The van der Waals surface area contributed by atoms with Gasteiger partial charge in [-0.05, 0) is 50.4 Å². The molecule has 0 bridgehead atoms. The van der Waals surface area contributed by atoms with Gasteiger partial charge in [0.2, 0.25) is 0 Å². The van der Waals surface area contributed by atoms with Crippen LogP contribution in [0.4, 0.5) is 0 Å². The summed E-state index contributed by atoms with van der Waals surface area (Å²) in [5, 5.41) is 0. The first kappa shape index (κ1) is 14.5. The first-order chi connectivity index (χ1) is 9.40. The highest BCUT2D eigenvalue weighted by molar-refractivity contribution is 5.20. The average Bonchev–Trinajstić information content (AvgIpc) is 2.92. The van der Waals surface area contributed by atoms with Gasteiger partial charge >= 0.3 is 0 Å². The highest BCUT2D eigenvalue weighted by atomic mass is 15.1. The molecule has 1 aliphatic rings. The van der Waals surface area contributed by atoms with Crippen molar-refractivity contribution in [3.05, 3.63) is 35.9 Å². The van der Waals surface area contributed by atoms with Crippen molar-refractivity contribution in [1.29, 1.82) is 0 Å². The van der Waals surface area contributed by atoms with Crippen molar-refractivity contribution >= 4 is 0 Å². The van der Waals surface area contributed by atoms with E-state index in [4.69, 9.17) is 5.73 Å². The second kappa shape index (κ2) is 8.34. The fraction of sp³-hybridized carbons (Fsp3) is 0.647. The molecule has 1 atom stereocenters. The molecule has 1 heterocycles. The molecule has 0 spiro atoms. The van der Waals surface area contributed by atoms with Crippen molar-refractivity contribution in [2.24, 2.45) is 5.73 Å². The molecule has 1 aliphatic heterocycles. The van der Waals surface area contributed by atoms with Crippen LogP contribution in [-0.4, -0.2) is 31.1 Å². The second-order valence-electron chi connectivity index (χ2n) is 5.75. The predicted octanol–water partition coefficient (Wildman–Crippen LogP) is 3.39. The van der Waals surface area contributed by atoms with Gasteiger partial charge in [0.25, 0.3) is 0 Å². The standard InChI is InChI=1S/C17H28N2/c18-12-7-2-1-3-8-13-19-14-11-17(15-19)16-9-5-4-6-10-16/h4-6,9-10,17H,1-3,7-8,11-15,18H2. The van der Waals surface area contributed by atoms with Crippen molar-refractivity contribution in [3.63, 3.8) is 0 Å². The third-order valence-electron chi connectivity index (χ3n) is 4.22. The number of rotatable bonds is 8. The Morgan fingerprint density at radius 2 is 1.74 bits per heavy atom. The minimum atomic E-state index is 0.762. The summed E-state index contributed by atoms with van der Waals surface area (Å²) in [4.78, 5) is 2.64. The molecule has 0 radical (unpaired) electrons. The van der Waals surface area contributed by atoms with Crippen molar-refractivity contribution in [2.75, 3.05) is 26.2 Å². The molecule has 2 heteroatoms. The molecule has 0 aromatic heterocycles. The zero-order chi connectivity index (χ0) is 13.3. The van der Waals surface area contributed by atoms with E-state index in [1.54, 1.807) is 0 Å². The molecule has 2 rings (SSSR count). The highest BCUT2D eigenvalue weighted by Crippen LogP contribution is 2.26. The summed E-state index contributed by atoms with van der Waals surface area (Å²) in [7, 11) is 0. The van der Waals surface area contributed by atoms with E-state index in [0.717, 1.165) is 12.5 Å². The zero-order valence-electron chi connectivity index (χ0n) is 12.1. The minimum absolute atomic E-state index is 0.762. The SMILES string of the molecule is NCCCCCCCN1CCC(c2ccccc2)C1. The summed E-state index contributed by atoms with van der Waals surface area (Å²) in [6.07, 6.45) is 7.91. The number of unbranched alkanes of at least 4 members (excludes halogenated alkanes) is 4. The lowest BCUT2D eigenvalue weighted by Gasteiger charge is -2.16. The van der Waals surface area contributed by atoms with Gasteiger partial charge in [0, 0.05) is 6.54 Å². The van der Waals surface area contributed by atoms with E-state index in [9.17, 15) is 0 Å².